The number of rotatable bonds is 10. The van der Waals surface area contributed by atoms with Gasteiger partial charge in [-0.2, -0.15) is 0 Å². The lowest BCUT2D eigenvalue weighted by Gasteiger charge is -2.10. The van der Waals surface area contributed by atoms with Crippen molar-refractivity contribution in [1.29, 1.82) is 0 Å². The Labute approximate surface area is 144 Å². The molecule has 0 radical (unpaired) electrons. The second kappa shape index (κ2) is 10.3. The molecule has 0 spiro atoms. The minimum atomic E-state index is -0.0768. The molecule has 0 heterocycles. The molecule has 128 valence electrons. The number of hydrogen-bond acceptors (Lipinski definition) is 3. The van der Waals surface area contributed by atoms with Crippen LogP contribution in [0.4, 0.5) is 11.4 Å². The van der Waals surface area contributed by atoms with Crippen molar-refractivity contribution < 1.29 is 9.53 Å². The topological polar surface area (TPSA) is 50.4 Å². The molecule has 0 aliphatic carbocycles. The van der Waals surface area contributed by atoms with Gasteiger partial charge >= 0.3 is 0 Å². The second-order valence-corrected chi connectivity index (χ2v) is 5.70. The molecule has 0 atom stereocenters. The Hall–Kier alpha value is -2.49. The lowest BCUT2D eigenvalue weighted by Crippen LogP contribution is -2.21. The quantitative estimate of drug-likeness (QED) is 0.622. The molecule has 0 aliphatic heterocycles. The van der Waals surface area contributed by atoms with Crippen LogP contribution in [0.2, 0.25) is 0 Å². The predicted octanol–water partition coefficient (Wildman–Crippen LogP) is 4.70. The van der Waals surface area contributed by atoms with Crippen molar-refractivity contribution in [2.45, 2.75) is 32.6 Å². The highest BCUT2D eigenvalue weighted by Gasteiger charge is 2.03. The summed E-state index contributed by atoms with van der Waals surface area (Å²) in [7, 11) is 0. The van der Waals surface area contributed by atoms with Crippen LogP contribution >= 0.6 is 0 Å². The first-order chi connectivity index (χ1) is 11.8. The molecule has 2 rings (SSSR count). The SMILES string of the molecule is CCCCCCOc1cccc(NCC(=O)Nc2ccccc2)c1. The summed E-state index contributed by atoms with van der Waals surface area (Å²) >= 11 is 0. The molecule has 1 amide bonds. The van der Waals surface area contributed by atoms with E-state index in [1.165, 1.54) is 19.3 Å². The average molecular weight is 326 g/mol. The molecule has 2 aromatic carbocycles. The molecule has 0 saturated carbocycles. The van der Waals surface area contributed by atoms with Crippen LogP contribution < -0.4 is 15.4 Å². The molecule has 2 N–H and O–H groups in total. The predicted molar refractivity (Wildman–Crippen MR) is 99.6 cm³/mol. The summed E-state index contributed by atoms with van der Waals surface area (Å²) in [5.41, 5.74) is 1.68. The summed E-state index contributed by atoms with van der Waals surface area (Å²) in [6.45, 7) is 3.15. The largest absolute Gasteiger partial charge is 0.494 e. The zero-order valence-electron chi connectivity index (χ0n) is 14.3. The number of unbranched alkanes of at least 4 members (excludes halogenated alkanes) is 3. The molecule has 0 fully saturated rings. The number of nitrogens with one attached hydrogen (secondary N) is 2. The van der Waals surface area contributed by atoms with Gasteiger partial charge in [0, 0.05) is 17.4 Å². The first-order valence-electron chi connectivity index (χ1n) is 8.59. The van der Waals surface area contributed by atoms with Crippen LogP contribution in [0, 0.1) is 0 Å². The van der Waals surface area contributed by atoms with Crippen molar-refractivity contribution in [3.05, 3.63) is 54.6 Å². The number of amides is 1. The van der Waals surface area contributed by atoms with Crippen molar-refractivity contribution in [2.24, 2.45) is 0 Å². The second-order valence-electron chi connectivity index (χ2n) is 5.70. The van der Waals surface area contributed by atoms with Crippen LogP contribution in [0.1, 0.15) is 32.6 Å². The molecule has 0 aromatic heterocycles. The van der Waals surface area contributed by atoms with Gasteiger partial charge in [-0.05, 0) is 30.7 Å². The van der Waals surface area contributed by atoms with Gasteiger partial charge in [0.1, 0.15) is 5.75 Å². The molecule has 24 heavy (non-hydrogen) atoms. The van der Waals surface area contributed by atoms with Gasteiger partial charge in [0.2, 0.25) is 5.91 Å². The minimum absolute atomic E-state index is 0.0768. The van der Waals surface area contributed by atoms with E-state index in [1.54, 1.807) is 0 Å². The van der Waals surface area contributed by atoms with Gasteiger partial charge in [-0.15, -0.1) is 0 Å². The first kappa shape index (κ1) is 17.9. The van der Waals surface area contributed by atoms with Gasteiger partial charge < -0.3 is 15.4 Å². The molecular weight excluding hydrogens is 300 g/mol. The zero-order chi connectivity index (χ0) is 17.0. The minimum Gasteiger partial charge on any atom is -0.494 e. The van der Waals surface area contributed by atoms with E-state index in [1.807, 2.05) is 54.6 Å². The molecular formula is C20H26N2O2. The fraction of sp³-hybridized carbons (Fsp3) is 0.350. The maximum absolute atomic E-state index is 11.9. The molecule has 2 aromatic rings. The van der Waals surface area contributed by atoms with Gasteiger partial charge in [-0.1, -0.05) is 50.5 Å². The van der Waals surface area contributed by atoms with Crippen molar-refractivity contribution >= 4 is 17.3 Å². The Morgan fingerprint density at radius 3 is 2.54 bits per heavy atom. The number of benzene rings is 2. The Bertz CT molecular complexity index is 614. The van der Waals surface area contributed by atoms with E-state index in [0.29, 0.717) is 0 Å². The zero-order valence-corrected chi connectivity index (χ0v) is 14.3. The molecule has 0 unspecified atom stereocenters. The molecule has 0 aliphatic rings. The molecule has 4 nitrogen and oxygen atoms in total. The van der Waals surface area contributed by atoms with Crippen LogP contribution in [0.25, 0.3) is 0 Å². The Morgan fingerprint density at radius 1 is 0.958 bits per heavy atom. The van der Waals surface area contributed by atoms with E-state index in [9.17, 15) is 4.79 Å². The Balaban J connectivity index is 1.74. The van der Waals surface area contributed by atoms with E-state index >= 15 is 0 Å². The number of hydrogen-bond donors (Lipinski definition) is 2. The van der Waals surface area contributed by atoms with E-state index in [2.05, 4.69) is 17.6 Å². The van der Waals surface area contributed by atoms with E-state index in [-0.39, 0.29) is 12.5 Å². The Kier molecular flexibility index (Phi) is 7.68. The van der Waals surface area contributed by atoms with Crippen LogP contribution in [0.15, 0.2) is 54.6 Å². The van der Waals surface area contributed by atoms with Crippen LogP contribution in [-0.2, 0) is 4.79 Å². The van der Waals surface area contributed by atoms with Crippen LogP contribution in [-0.4, -0.2) is 19.1 Å². The maximum atomic E-state index is 11.9. The third-order valence-corrected chi connectivity index (χ3v) is 3.61. The van der Waals surface area contributed by atoms with Crippen molar-refractivity contribution in [3.63, 3.8) is 0 Å². The molecule has 0 bridgehead atoms. The maximum Gasteiger partial charge on any atom is 0.243 e. The number of carbonyl (C=O) groups excluding carboxylic acids is 1. The fourth-order valence-electron chi connectivity index (χ4n) is 2.32. The third-order valence-electron chi connectivity index (χ3n) is 3.61. The van der Waals surface area contributed by atoms with Crippen molar-refractivity contribution in [3.8, 4) is 5.75 Å². The first-order valence-corrected chi connectivity index (χ1v) is 8.59. The summed E-state index contributed by atoms with van der Waals surface area (Å²) in [4.78, 5) is 11.9. The molecule has 0 saturated heterocycles. The normalized spacial score (nSPS) is 10.2. The lowest BCUT2D eigenvalue weighted by atomic mass is 10.2. The van der Waals surface area contributed by atoms with Gasteiger partial charge in [-0.25, -0.2) is 0 Å². The van der Waals surface area contributed by atoms with E-state index in [4.69, 9.17) is 4.74 Å². The summed E-state index contributed by atoms with van der Waals surface area (Å²) < 4.78 is 5.76. The van der Waals surface area contributed by atoms with Crippen molar-refractivity contribution in [1.82, 2.24) is 0 Å². The monoisotopic (exact) mass is 326 g/mol. The number of ether oxygens (including phenoxy) is 1. The number of para-hydroxylation sites is 1. The summed E-state index contributed by atoms with van der Waals surface area (Å²) in [6, 6.07) is 17.2. The van der Waals surface area contributed by atoms with E-state index < -0.39 is 0 Å². The van der Waals surface area contributed by atoms with Gasteiger partial charge in [-0.3, -0.25) is 4.79 Å². The number of anilines is 2. The summed E-state index contributed by atoms with van der Waals surface area (Å²) in [5, 5.41) is 5.97. The lowest BCUT2D eigenvalue weighted by molar-refractivity contribution is -0.114. The highest BCUT2D eigenvalue weighted by Crippen LogP contribution is 2.17. The Morgan fingerprint density at radius 2 is 1.75 bits per heavy atom. The highest BCUT2D eigenvalue weighted by molar-refractivity contribution is 5.93. The summed E-state index contributed by atoms with van der Waals surface area (Å²) in [6.07, 6.45) is 4.75. The summed E-state index contributed by atoms with van der Waals surface area (Å²) in [5.74, 6) is 0.757. The standard InChI is InChI=1S/C20H26N2O2/c1-2-3-4-8-14-24-19-13-9-12-18(15-19)21-16-20(23)22-17-10-6-5-7-11-17/h5-7,9-13,15,21H,2-4,8,14,16H2,1H3,(H,22,23). The van der Waals surface area contributed by atoms with Crippen LogP contribution in [0.3, 0.4) is 0 Å². The molecule has 4 heteroatoms. The van der Waals surface area contributed by atoms with Gasteiger partial charge in [0.15, 0.2) is 0 Å². The van der Waals surface area contributed by atoms with Crippen LogP contribution in [0.5, 0.6) is 5.75 Å². The smallest absolute Gasteiger partial charge is 0.243 e. The fourth-order valence-corrected chi connectivity index (χ4v) is 2.32. The highest BCUT2D eigenvalue weighted by atomic mass is 16.5. The number of carbonyl (C=O) groups is 1. The average Bonchev–Trinajstić information content (AvgIpc) is 2.61. The van der Waals surface area contributed by atoms with Crippen molar-refractivity contribution in [2.75, 3.05) is 23.8 Å². The van der Waals surface area contributed by atoms with Gasteiger partial charge in [0.05, 0.1) is 13.2 Å². The van der Waals surface area contributed by atoms with E-state index in [0.717, 1.165) is 30.2 Å². The third kappa shape index (κ3) is 6.73. The van der Waals surface area contributed by atoms with Gasteiger partial charge in [0.25, 0.3) is 0 Å².